The normalized spacial score (nSPS) is 10.1. The second-order valence-corrected chi connectivity index (χ2v) is 5.08. The summed E-state index contributed by atoms with van der Waals surface area (Å²) in [5.41, 5.74) is 1.26. The molecule has 0 atom stereocenters. The Kier molecular flexibility index (Phi) is 4.78. The van der Waals surface area contributed by atoms with Crippen LogP contribution in [0.25, 0.3) is 0 Å². The predicted octanol–water partition coefficient (Wildman–Crippen LogP) is 2.52. The van der Waals surface area contributed by atoms with Crippen molar-refractivity contribution in [3.63, 3.8) is 0 Å². The minimum Gasteiger partial charge on any atom is -0.506 e. The fourth-order valence-electron chi connectivity index (χ4n) is 1.69. The largest absolute Gasteiger partial charge is 0.506 e. The van der Waals surface area contributed by atoms with Crippen LogP contribution in [0.1, 0.15) is 15.9 Å². The number of carboxylic acid groups (broad SMARTS) is 1. The molecule has 0 saturated carbocycles. The van der Waals surface area contributed by atoms with Gasteiger partial charge < -0.3 is 20.8 Å². The van der Waals surface area contributed by atoms with E-state index in [4.69, 9.17) is 5.11 Å². The van der Waals surface area contributed by atoms with Crippen LogP contribution in [0.2, 0.25) is 0 Å². The quantitative estimate of drug-likeness (QED) is 0.638. The van der Waals surface area contributed by atoms with Gasteiger partial charge in [-0.15, -0.1) is 0 Å². The number of thiophene rings is 1. The van der Waals surface area contributed by atoms with Crippen molar-refractivity contribution in [3.8, 4) is 5.75 Å². The standard InChI is InChI=1S/C14H14N2O4S/c17-12-7-10(13(18)19)1-2-11(12)16-14(20)15-5-3-9-4-6-21-8-9/h1-2,4,6-8,17H,3,5H2,(H,18,19)(H2,15,16,20). The van der Waals surface area contributed by atoms with Crippen molar-refractivity contribution in [2.75, 3.05) is 11.9 Å². The Morgan fingerprint density at radius 1 is 1.24 bits per heavy atom. The Balaban J connectivity index is 1.86. The molecule has 0 unspecified atom stereocenters. The van der Waals surface area contributed by atoms with E-state index in [1.54, 1.807) is 11.3 Å². The molecule has 0 aliphatic rings. The van der Waals surface area contributed by atoms with Gasteiger partial charge in [0.25, 0.3) is 0 Å². The van der Waals surface area contributed by atoms with Crippen molar-refractivity contribution in [1.29, 1.82) is 0 Å². The molecule has 2 aromatic rings. The number of anilines is 1. The van der Waals surface area contributed by atoms with Gasteiger partial charge in [0.15, 0.2) is 0 Å². The lowest BCUT2D eigenvalue weighted by molar-refractivity contribution is 0.0696. The van der Waals surface area contributed by atoms with Crippen LogP contribution >= 0.6 is 11.3 Å². The third kappa shape index (κ3) is 4.22. The van der Waals surface area contributed by atoms with Crippen molar-refractivity contribution in [3.05, 3.63) is 46.2 Å². The molecule has 0 aliphatic carbocycles. The van der Waals surface area contributed by atoms with Gasteiger partial charge in [-0.1, -0.05) is 0 Å². The third-order valence-electron chi connectivity index (χ3n) is 2.77. The Morgan fingerprint density at radius 2 is 2.05 bits per heavy atom. The first-order chi connectivity index (χ1) is 10.1. The van der Waals surface area contributed by atoms with E-state index in [0.29, 0.717) is 6.54 Å². The molecule has 0 radical (unpaired) electrons. The molecule has 0 aliphatic heterocycles. The summed E-state index contributed by atoms with van der Waals surface area (Å²) in [7, 11) is 0. The average molecular weight is 306 g/mol. The van der Waals surface area contributed by atoms with Gasteiger partial charge in [-0.25, -0.2) is 9.59 Å². The van der Waals surface area contributed by atoms with E-state index in [0.717, 1.165) is 18.1 Å². The minimum atomic E-state index is -1.14. The molecule has 4 N–H and O–H groups in total. The molecule has 0 bridgehead atoms. The molecule has 2 rings (SSSR count). The fraction of sp³-hybridized carbons (Fsp3) is 0.143. The predicted molar refractivity (Wildman–Crippen MR) is 80.1 cm³/mol. The molecular weight excluding hydrogens is 292 g/mol. The third-order valence-corrected chi connectivity index (χ3v) is 3.50. The van der Waals surface area contributed by atoms with E-state index in [2.05, 4.69) is 10.6 Å². The summed E-state index contributed by atoms with van der Waals surface area (Å²) in [6, 6.07) is 5.27. The summed E-state index contributed by atoms with van der Waals surface area (Å²) >= 11 is 1.60. The van der Waals surface area contributed by atoms with Crippen LogP contribution in [-0.2, 0) is 6.42 Å². The Morgan fingerprint density at radius 3 is 2.67 bits per heavy atom. The van der Waals surface area contributed by atoms with Crippen LogP contribution in [0.5, 0.6) is 5.75 Å². The van der Waals surface area contributed by atoms with Gasteiger partial charge in [0, 0.05) is 6.54 Å². The number of aromatic carboxylic acids is 1. The van der Waals surface area contributed by atoms with Crippen LogP contribution in [-0.4, -0.2) is 28.8 Å². The summed E-state index contributed by atoms with van der Waals surface area (Å²) in [6.45, 7) is 0.469. The first-order valence-corrected chi connectivity index (χ1v) is 7.13. The van der Waals surface area contributed by atoms with E-state index in [1.807, 2.05) is 16.8 Å². The number of hydrogen-bond donors (Lipinski definition) is 4. The molecule has 6 nitrogen and oxygen atoms in total. The second kappa shape index (κ2) is 6.76. The number of urea groups is 1. The van der Waals surface area contributed by atoms with Gasteiger partial charge in [-0.2, -0.15) is 11.3 Å². The van der Waals surface area contributed by atoms with E-state index in [-0.39, 0.29) is 17.0 Å². The molecule has 0 saturated heterocycles. The van der Waals surface area contributed by atoms with Gasteiger partial charge in [0.05, 0.1) is 11.3 Å². The van der Waals surface area contributed by atoms with Crippen molar-refractivity contribution in [2.24, 2.45) is 0 Å². The van der Waals surface area contributed by atoms with Crippen molar-refractivity contribution in [2.45, 2.75) is 6.42 Å². The summed E-state index contributed by atoms with van der Waals surface area (Å²) in [5.74, 6) is -1.43. The highest BCUT2D eigenvalue weighted by molar-refractivity contribution is 7.07. The minimum absolute atomic E-state index is 0.0454. The summed E-state index contributed by atoms with van der Waals surface area (Å²) in [6.07, 6.45) is 0.723. The lowest BCUT2D eigenvalue weighted by atomic mass is 10.2. The highest BCUT2D eigenvalue weighted by Gasteiger charge is 2.09. The molecule has 7 heteroatoms. The monoisotopic (exact) mass is 306 g/mol. The van der Waals surface area contributed by atoms with E-state index < -0.39 is 12.0 Å². The van der Waals surface area contributed by atoms with Gasteiger partial charge in [-0.3, -0.25) is 0 Å². The van der Waals surface area contributed by atoms with E-state index >= 15 is 0 Å². The SMILES string of the molecule is O=C(NCCc1ccsc1)Nc1ccc(C(=O)O)cc1O. The van der Waals surface area contributed by atoms with Gasteiger partial charge in [0.2, 0.25) is 0 Å². The maximum absolute atomic E-state index is 11.7. The Labute approximate surface area is 125 Å². The Hall–Kier alpha value is -2.54. The average Bonchev–Trinajstić information content (AvgIpc) is 2.94. The molecule has 1 aromatic carbocycles. The summed E-state index contributed by atoms with van der Waals surface area (Å²) in [5, 5.41) is 27.5. The molecule has 21 heavy (non-hydrogen) atoms. The van der Waals surface area contributed by atoms with Gasteiger partial charge >= 0.3 is 12.0 Å². The Bertz CT molecular complexity index is 640. The number of benzene rings is 1. The number of phenols is 1. The zero-order valence-corrected chi connectivity index (χ0v) is 11.8. The van der Waals surface area contributed by atoms with Crippen LogP contribution in [0, 0.1) is 0 Å². The fourth-order valence-corrected chi connectivity index (χ4v) is 2.40. The molecular formula is C14H14N2O4S. The molecule has 110 valence electrons. The van der Waals surface area contributed by atoms with Crippen molar-refractivity contribution >= 4 is 29.0 Å². The highest BCUT2D eigenvalue weighted by Crippen LogP contribution is 2.24. The highest BCUT2D eigenvalue weighted by atomic mass is 32.1. The zero-order valence-electron chi connectivity index (χ0n) is 11.0. The van der Waals surface area contributed by atoms with Crippen molar-refractivity contribution < 1.29 is 19.8 Å². The number of rotatable bonds is 5. The smallest absolute Gasteiger partial charge is 0.335 e. The number of aromatic hydroxyl groups is 1. The number of carbonyl (C=O) groups is 2. The molecule has 1 aromatic heterocycles. The van der Waals surface area contributed by atoms with Gasteiger partial charge in [0.1, 0.15) is 5.75 Å². The maximum atomic E-state index is 11.7. The lowest BCUT2D eigenvalue weighted by Gasteiger charge is -2.09. The number of amides is 2. The van der Waals surface area contributed by atoms with Crippen LogP contribution in [0.3, 0.4) is 0 Å². The van der Waals surface area contributed by atoms with E-state index in [1.165, 1.54) is 12.1 Å². The maximum Gasteiger partial charge on any atom is 0.335 e. The topological polar surface area (TPSA) is 98.7 Å². The zero-order chi connectivity index (χ0) is 15.2. The van der Waals surface area contributed by atoms with Crippen LogP contribution in [0.15, 0.2) is 35.0 Å². The number of carbonyl (C=O) groups excluding carboxylic acids is 1. The van der Waals surface area contributed by atoms with Gasteiger partial charge in [-0.05, 0) is 47.0 Å². The number of nitrogens with one attached hydrogen (secondary N) is 2. The first kappa shape index (κ1) is 14.9. The van der Waals surface area contributed by atoms with Crippen molar-refractivity contribution in [1.82, 2.24) is 5.32 Å². The number of phenolic OH excluding ortho intramolecular Hbond substituents is 1. The molecule has 0 spiro atoms. The molecule has 2 amide bonds. The summed E-state index contributed by atoms with van der Waals surface area (Å²) < 4.78 is 0. The van der Waals surface area contributed by atoms with Crippen LogP contribution in [0.4, 0.5) is 10.5 Å². The van der Waals surface area contributed by atoms with E-state index in [9.17, 15) is 14.7 Å². The number of carboxylic acids is 1. The second-order valence-electron chi connectivity index (χ2n) is 4.30. The summed E-state index contributed by atoms with van der Waals surface area (Å²) in [4.78, 5) is 22.4. The lowest BCUT2D eigenvalue weighted by Crippen LogP contribution is -2.30. The molecule has 1 heterocycles. The van der Waals surface area contributed by atoms with Crippen LogP contribution < -0.4 is 10.6 Å². The number of hydrogen-bond acceptors (Lipinski definition) is 4. The first-order valence-electron chi connectivity index (χ1n) is 6.18. The molecule has 0 fully saturated rings.